The molecule has 0 spiro atoms. The minimum Gasteiger partial charge on any atom is -0.349 e. The number of carbonyl (C=O) groups excluding carboxylic acids is 1. The Morgan fingerprint density at radius 2 is 2.10 bits per heavy atom. The van der Waals surface area contributed by atoms with Crippen LogP contribution in [0.15, 0.2) is 28.6 Å². The van der Waals surface area contributed by atoms with Crippen LogP contribution < -0.4 is 5.32 Å². The first kappa shape index (κ1) is 15.3. The zero-order valence-corrected chi connectivity index (χ0v) is 13.5. The number of aromatic nitrogens is 2. The van der Waals surface area contributed by atoms with Crippen molar-refractivity contribution in [1.29, 1.82) is 0 Å². The fourth-order valence-electron chi connectivity index (χ4n) is 1.58. The average molecular weight is 328 g/mol. The molecule has 1 aromatic carbocycles. The molecule has 1 atom stereocenters. The third kappa shape index (κ3) is 4.47. The van der Waals surface area contributed by atoms with Gasteiger partial charge in [0.15, 0.2) is 4.34 Å². The summed E-state index contributed by atoms with van der Waals surface area (Å²) in [7, 11) is 0. The summed E-state index contributed by atoms with van der Waals surface area (Å²) in [5.41, 5.74) is 1.03. The Bertz CT molecular complexity index is 586. The minimum atomic E-state index is -0.0449. The molecular weight excluding hydrogens is 314 g/mol. The van der Waals surface area contributed by atoms with Gasteiger partial charge in [0.2, 0.25) is 5.91 Å². The van der Waals surface area contributed by atoms with Crippen LogP contribution in [0.2, 0.25) is 5.02 Å². The van der Waals surface area contributed by atoms with E-state index in [0.29, 0.717) is 10.8 Å². The van der Waals surface area contributed by atoms with Crippen LogP contribution in [0.25, 0.3) is 0 Å². The minimum absolute atomic E-state index is 0.0229. The number of hydrogen-bond donors (Lipinski definition) is 1. The molecule has 20 heavy (non-hydrogen) atoms. The predicted octanol–water partition coefficient (Wildman–Crippen LogP) is 3.47. The summed E-state index contributed by atoms with van der Waals surface area (Å²) >= 11 is 8.73. The highest BCUT2D eigenvalue weighted by molar-refractivity contribution is 8.01. The molecule has 0 aliphatic carbocycles. The van der Waals surface area contributed by atoms with Crippen LogP contribution in [0.3, 0.4) is 0 Å². The molecule has 1 amide bonds. The predicted molar refractivity (Wildman–Crippen MR) is 83.4 cm³/mol. The molecule has 1 aromatic heterocycles. The zero-order valence-electron chi connectivity index (χ0n) is 11.1. The Morgan fingerprint density at radius 3 is 2.70 bits per heavy atom. The maximum Gasteiger partial charge on any atom is 0.230 e. The molecule has 1 N–H and O–H groups in total. The van der Waals surface area contributed by atoms with Crippen molar-refractivity contribution >= 4 is 40.6 Å². The van der Waals surface area contributed by atoms with Crippen LogP contribution in [-0.2, 0) is 4.79 Å². The second kappa shape index (κ2) is 7.06. The smallest absolute Gasteiger partial charge is 0.230 e. The topological polar surface area (TPSA) is 54.9 Å². The Hall–Kier alpha value is -1.11. The number of aryl methyl sites for hydroxylation is 1. The molecule has 0 radical (unpaired) electrons. The third-order valence-corrected chi connectivity index (χ3v) is 4.81. The van der Waals surface area contributed by atoms with Crippen LogP contribution in [0.4, 0.5) is 0 Å². The highest BCUT2D eigenvalue weighted by atomic mass is 35.5. The van der Waals surface area contributed by atoms with Crippen molar-refractivity contribution in [3.05, 3.63) is 39.9 Å². The van der Waals surface area contributed by atoms with E-state index in [9.17, 15) is 4.79 Å². The molecule has 4 nitrogen and oxygen atoms in total. The van der Waals surface area contributed by atoms with Gasteiger partial charge in [-0.05, 0) is 31.5 Å². The van der Waals surface area contributed by atoms with Crippen molar-refractivity contribution in [2.45, 2.75) is 24.2 Å². The van der Waals surface area contributed by atoms with Crippen molar-refractivity contribution in [3.8, 4) is 0 Å². The van der Waals surface area contributed by atoms with E-state index in [1.807, 2.05) is 38.1 Å². The van der Waals surface area contributed by atoms with Crippen molar-refractivity contribution in [2.24, 2.45) is 0 Å². The van der Waals surface area contributed by atoms with E-state index in [1.165, 1.54) is 23.1 Å². The number of nitrogens with one attached hydrogen (secondary N) is 1. The molecule has 0 bridgehead atoms. The summed E-state index contributed by atoms with van der Waals surface area (Å²) in [6, 6.07) is 7.41. The number of hydrogen-bond acceptors (Lipinski definition) is 5. The quantitative estimate of drug-likeness (QED) is 0.854. The van der Waals surface area contributed by atoms with Gasteiger partial charge in [-0.2, -0.15) is 0 Å². The Labute approximate surface area is 130 Å². The van der Waals surface area contributed by atoms with E-state index >= 15 is 0 Å². The number of thioether (sulfide) groups is 1. The van der Waals surface area contributed by atoms with Gasteiger partial charge in [-0.25, -0.2) is 0 Å². The normalized spacial score (nSPS) is 12.2. The number of benzene rings is 1. The number of amides is 1. The fourth-order valence-corrected chi connectivity index (χ4v) is 3.33. The molecule has 7 heteroatoms. The molecular formula is C13H14ClN3OS2. The lowest BCUT2D eigenvalue weighted by molar-refractivity contribution is -0.119. The molecule has 2 aromatic rings. The second-order valence-electron chi connectivity index (χ2n) is 4.22. The Morgan fingerprint density at radius 1 is 1.40 bits per heavy atom. The van der Waals surface area contributed by atoms with E-state index in [-0.39, 0.29) is 11.9 Å². The maximum absolute atomic E-state index is 11.9. The van der Waals surface area contributed by atoms with Crippen LogP contribution >= 0.6 is 34.7 Å². The Balaban J connectivity index is 1.83. The monoisotopic (exact) mass is 327 g/mol. The van der Waals surface area contributed by atoms with Crippen molar-refractivity contribution in [2.75, 3.05) is 5.75 Å². The first-order valence-electron chi connectivity index (χ1n) is 6.02. The van der Waals surface area contributed by atoms with Crippen molar-refractivity contribution in [1.82, 2.24) is 15.5 Å². The average Bonchev–Trinajstić information content (AvgIpc) is 2.83. The van der Waals surface area contributed by atoms with Gasteiger partial charge >= 0.3 is 0 Å². The lowest BCUT2D eigenvalue weighted by Crippen LogP contribution is -2.28. The molecule has 106 valence electrons. The molecule has 0 saturated heterocycles. The summed E-state index contributed by atoms with van der Waals surface area (Å²) in [6.45, 7) is 3.84. The van der Waals surface area contributed by atoms with Crippen LogP contribution in [-0.4, -0.2) is 21.9 Å². The summed E-state index contributed by atoms with van der Waals surface area (Å²) in [4.78, 5) is 11.9. The summed E-state index contributed by atoms with van der Waals surface area (Å²) in [6.07, 6.45) is 0. The van der Waals surface area contributed by atoms with Gasteiger partial charge < -0.3 is 5.32 Å². The van der Waals surface area contributed by atoms with Gasteiger partial charge in [0.25, 0.3) is 0 Å². The number of halogens is 1. The second-order valence-corrected chi connectivity index (χ2v) is 7.06. The molecule has 1 heterocycles. The number of nitrogens with zero attached hydrogens (tertiary/aromatic N) is 2. The van der Waals surface area contributed by atoms with Gasteiger partial charge in [-0.15, -0.1) is 10.2 Å². The van der Waals surface area contributed by atoms with Gasteiger partial charge in [0.05, 0.1) is 11.8 Å². The molecule has 0 aliphatic rings. The van der Waals surface area contributed by atoms with Gasteiger partial charge in [0.1, 0.15) is 5.01 Å². The molecule has 0 unspecified atom stereocenters. The van der Waals surface area contributed by atoms with Crippen LogP contribution in [0, 0.1) is 6.92 Å². The SMILES string of the molecule is Cc1nnc(SCC(=O)N[C@@H](C)c2ccc(Cl)cc2)s1. The molecule has 0 saturated carbocycles. The van der Waals surface area contributed by atoms with E-state index in [1.54, 1.807) is 0 Å². The highest BCUT2D eigenvalue weighted by Crippen LogP contribution is 2.22. The largest absolute Gasteiger partial charge is 0.349 e. The number of carbonyl (C=O) groups is 1. The first-order chi connectivity index (χ1) is 9.54. The lowest BCUT2D eigenvalue weighted by atomic mass is 10.1. The van der Waals surface area contributed by atoms with Gasteiger partial charge in [0, 0.05) is 5.02 Å². The summed E-state index contributed by atoms with van der Waals surface area (Å²) in [5, 5.41) is 12.4. The fraction of sp³-hybridized carbons (Fsp3) is 0.308. The maximum atomic E-state index is 11.9. The summed E-state index contributed by atoms with van der Waals surface area (Å²) in [5.74, 6) is 0.317. The molecule has 0 fully saturated rings. The van der Waals surface area contributed by atoms with E-state index in [2.05, 4.69) is 15.5 Å². The third-order valence-electron chi connectivity index (χ3n) is 2.58. The molecule has 2 rings (SSSR count). The highest BCUT2D eigenvalue weighted by Gasteiger charge is 2.11. The number of rotatable bonds is 5. The first-order valence-corrected chi connectivity index (χ1v) is 8.20. The van der Waals surface area contributed by atoms with Crippen LogP contribution in [0.5, 0.6) is 0 Å². The van der Waals surface area contributed by atoms with E-state index in [0.717, 1.165) is 14.9 Å². The van der Waals surface area contributed by atoms with Crippen molar-refractivity contribution < 1.29 is 4.79 Å². The Kier molecular flexibility index (Phi) is 5.39. The van der Waals surface area contributed by atoms with E-state index < -0.39 is 0 Å². The van der Waals surface area contributed by atoms with E-state index in [4.69, 9.17) is 11.6 Å². The zero-order chi connectivity index (χ0) is 14.5. The lowest BCUT2D eigenvalue weighted by Gasteiger charge is -2.13. The van der Waals surface area contributed by atoms with Gasteiger partial charge in [-0.3, -0.25) is 4.79 Å². The van der Waals surface area contributed by atoms with Gasteiger partial charge in [-0.1, -0.05) is 46.8 Å². The molecule has 0 aliphatic heterocycles. The standard InChI is InChI=1S/C13H14ClN3OS2/c1-8(10-3-5-11(14)6-4-10)15-12(18)7-19-13-17-16-9(2)20-13/h3-6,8H,7H2,1-2H3,(H,15,18)/t8-/m0/s1. The van der Waals surface area contributed by atoms with Crippen LogP contribution in [0.1, 0.15) is 23.5 Å². The summed E-state index contributed by atoms with van der Waals surface area (Å²) < 4.78 is 0.816. The van der Waals surface area contributed by atoms with Crippen molar-refractivity contribution in [3.63, 3.8) is 0 Å².